The average Bonchev–Trinajstić information content (AvgIpc) is 3.34. The van der Waals surface area contributed by atoms with Gasteiger partial charge in [0.25, 0.3) is 5.91 Å². The first-order valence-corrected chi connectivity index (χ1v) is 12.2. The van der Waals surface area contributed by atoms with Gasteiger partial charge in [0.15, 0.2) is 0 Å². The minimum Gasteiger partial charge on any atom is -0.370 e. The van der Waals surface area contributed by atoms with E-state index in [1.165, 1.54) is 0 Å². The first-order chi connectivity index (χ1) is 16.0. The zero-order chi connectivity index (χ0) is 23.2. The second kappa shape index (κ2) is 10.4. The first kappa shape index (κ1) is 22.7. The highest BCUT2D eigenvalue weighted by molar-refractivity contribution is 7.98. The van der Waals surface area contributed by atoms with Gasteiger partial charge >= 0.3 is 6.03 Å². The molecule has 0 atom stereocenters. The largest absolute Gasteiger partial charge is 0.370 e. The van der Waals surface area contributed by atoms with E-state index in [0.717, 1.165) is 47.8 Å². The molecule has 3 amide bonds. The van der Waals surface area contributed by atoms with Crippen LogP contribution < -0.4 is 20.9 Å². The summed E-state index contributed by atoms with van der Waals surface area (Å²) in [6.45, 7) is 3.85. The summed E-state index contributed by atoms with van der Waals surface area (Å²) in [5.41, 5.74) is 4.60. The lowest BCUT2D eigenvalue weighted by molar-refractivity contribution is 0.102. The molecular formula is C26H28N4O2S. The molecule has 0 bridgehead atoms. The third kappa shape index (κ3) is 5.87. The maximum Gasteiger partial charge on any atom is 0.323 e. The fourth-order valence-corrected chi connectivity index (χ4v) is 4.38. The SMILES string of the molecule is CSc1cccc(NC(=O)Nc2cc(NC(=O)c3cccc(C)c3)ccc2N2CCCC2)c1. The Labute approximate surface area is 198 Å². The normalized spacial score (nSPS) is 13.0. The molecule has 4 rings (SSSR count). The van der Waals surface area contributed by atoms with Crippen LogP contribution >= 0.6 is 11.8 Å². The number of urea groups is 1. The fourth-order valence-electron chi connectivity index (χ4n) is 3.92. The summed E-state index contributed by atoms with van der Waals surface area (Å²) in [5, 5.41) is 8.84. The van der Waals surface area contributed by atoms with E-state index in [-0.39, 0.29) is 11.9 Å². The second-order valence-corrected chi connectivity index (χ2v) is 8.94. The summed E-state index contributed by atoms with van der Waals surface area (Å²) < 4.78 is 0. The van der Waals surface area contributed by atoms with Crippen molar-refractivity contribution >= 4 is 46.4 Å². The number of hydrogen-bond acceptors (Lipinski definition) is 4. The van der Waals surface area contributed by atoms with E-state index in [2.05, 4.69) is 20.9 Å². The highest BCUT2D eigenvalue weighted by Crippen LogP contribution is 2.32. The van der Waals surface area contributed by atoms with Gasteiger partial charge in [-0.2, -0.15) is 0 Å². The van der Waals surface area contributed by atoms with Crippen molar-refractivity contribution in [3.05, 3.63) is 77.9 Å². The Morgan fingerprint density at radius 2 is 1.61 bits per heavy atom. The van der Waals surface area contributed by atoms with Crippen LogP contribution in [0.3, 0.4) is 0 Å². The van der Waals surface area contributed by atoms with Crippen LogP contribution in [0.1, 0.15) is 28.8 Å². The monoisotopic (exact) mass is 460 g/mol. The number of carbonyl (C=O) groups excluding carboxylic acids is 2. The van der Waals surface area contributed by atoms with Crippen molar-refractivity contribution in [1.29, 1.82) is 0 Å². The summed E-state index contributed by atoms with van der Waals surface area (Å²) >= 11 is 1.62. The molecule has 3 aromatic carbocycles. The van der Waals surface area contributed by atoms with E-state index >= 15 is 0 Å². The molecule has 1 aliphatic heterocycles. The lowest BCUT2D eigenvalue weighted by Crippen LogP contribution is -2.24. The minimum atomic E-state index is -0.323. The molecule has 1 aliphatic rings. The Bertz CT molecular complexity index is 1160. The summed E-state index contributed by atoms with van der Waals surface area (Å²) in [6.07, 6.45) is 4.25. The molecule has 0 spiro atoms. The van der Waals surface area contributed by atoms with Gasteiger partial charge in [-0.3, -0.25) is 4.79 Å². The van der Waals surface area contributed by atoms with E-state index < -0.39 is 0 Å². The van der Waals surface area contributed by atoms with Gasteiger partial charge in [0, 0.05) is 34.9 Å². The molecule has 1 saturated heterocycles. The van der Waals surface area contributed by atoms with E-state index in [1.54, 1.807) is 17.8 Å². The summed E-state index contributed by atoms with van der Waals surface area (Å²) in [5.74, 6) is -0.183. The molecule has 0 aliphatic carbocycles. The van der Waals surface area contributed by atoms with Crippen LogP contribution in [0.5, 0.6) is 0 Å². The molecule has 170 valence electrons. The van der Waals surface area contributed by atoms with E-state index in [0.29, 0.717) is 16.9 Å². The molecule has 0 radical (unpaired) electrons. The standard InChI is InChI=1S/C26H28N4O2S/c1-18-7-5-8-19(15-18)25(31)27-21-11-12-24(30-13-3-4-14-30)23(17-21)29-26(32)28-20-9-6-10-22(16-20)33-2/h5-12,15-17H,3-4,13-14H2,1-2H3,(H,27,31)(H2,28,29,32). The Balaban J connectivity index is 1.54. The van der Waals surface area contributed by atoms with Crippen LogP contribution in [0.15, 0.2) is 71.6 Å². The van der Waals surface area contributed by atoms with Crippen LogP contribution in [0.2, 0.25) is 0 Å². The molecule has 1 heterocycles. The molecule has 0 unspecified atom stereocenters. The van der Waals surface area contributed by atoms with Crippen molar-refractivity contribution in [3.8, 4) is 0 Å². The van der Waals surface area contributed by atoms with Crippen molar-refractivity contribution in [2.45, 2.75) is 24.7 Å². The van der Waals surface area contributed by atoms with Crippen molar-refractivity contribution < 1.29 is 9.59 Å². The zero-order valence-corrected chi connectivity index (χ0v) is 19.7. The Hall–Kier alpha value is -3.45. The van der Waals surface area contributed by atoms with E-state index in [9.17, 15) is 9.59 Å². The quantitative estimate of drug-likeness (QED) is 0.382. The van der Waals surface area contributed by atoms with Gasteiger partial charge in [-0.15, -0.1) is 11.8 Å². The third-order valence-corrected chi connectivity index (χ3v) is 6.28. The van der Waals surface area contributed by atoms with Gasteiger partial charge in [-0.25, -0.2) is 4.79 Å². The number of amides is 3. The van der Waals surface area contributed by atoms with Crippen molar-refractivity contribution in [1.82, 2.24) is 0 Å². The molecule has 1 fully saturated rings. The number of nitrogens with zero attached hydrogens (tertiary/aromatic N) is 1. The Morgan fingerprint density at radius 3 is 2.36 bits per heavy atom. The van der Waals surface area contributed by atoms with Gasteiger partial charge in [-0.1, -0.05) is 23.8 Å². The number of carbonyl (C=O) groups is 2. The Morgan fingerprint density at radius 1 is 0.848 bits per heavy atom. The van der Waals surface area contributed by atoms with E-state index in [4.69, 9.17) is 0 Å². The van der Waals surface area contributed by atoms with Crippen LogP contribution in [-0.2, 0) is 0 Å². The molecule has 0 aromatic heterocycles. The van der Waals surface area contributed by atoms with Crippen molar-refractivity contribution in [2.24, 2.45) is 0 Å². The first-order valence-electron chi connectivity index (χ1n) is 11.0. The van der Waals surface area contributed by atoms with Gasteiger partial charge in [0.05, 0.1) is 11.4 Å². The molecule has 33 heavy (non-hydrogen) atoms. The van der Waals surface area contributed by atoms with Crippen LogP contribution in [0.4, 0.5) is 27.5 Å². The average molecular weight is 461 g/mol. The summed E-state index contributed by atoms with van der Waals surface area (Å²) in [7, 11) is 0. The van der Waals surface area contributed by atoms with Crippen LogP contribution in [0, 0.1) is 6.92 Å². The summed E-state index contributed by atoms with van der Waals surface area (Å²) in [6, 6.07) is 20.5. The maximum absolute atomic E-state index is 12.8. The number of anilines is 4. The molecule has 0 saturated carbocycles. The lowest BCUT2D eigenvalue weighted by Gasteiger charge is -2.22. The molecule has 3 N–H and O–H groups in total. The smallest absolute Gasteiger partial charge is 0.323 e. The minimum absolute atomic E-state index is 0.183. The number of thioether (sulfide) groups is 1. The summed E-state index contributed by atoms with van der Waals surface area (Å²) in [4.78, 5) is 28.9. The number of benzene rings is 3. The topological polar surface area (TPSA) is 73.5 Å². The number of hydrogen-bond donors (Lipinski definition) is 3. The zero-order valence-electron chi connectivity index (χ0n) is 18.9. The van der Waals surface area contributed by atoms with Crippen molar-refractivity contribution in [3.63, 3.8) is 0 Å². The van der Waals surface area contributed by atoms with Crippen LogP contribution in [0.25, 0.3) is 0 Å². The number of nitrogens with one attached hydrogen (secondary N) is 3. The predicted octanol–water partition coefficient (Wildman–Crippen LogP) is 6.21. The van der Waals surface area contributed by atoms with Gasteiger partial charge in [0.1, 0.15) is 0 Å². The highest BCUT2D eigenvalue weighted by atomic mass is 32.2. The molecular weight excluding hydrogens is 432 g/mol. The number of rotatable bonds is 6. The lowest BCUT2D eigenvalue weighted by atomic mass is 10.1. The third-order valence-electron chi connectivity index (χ3n) is 5.56. The highest BCUT2D eigenvalue weighted by Gasteiger charge is 2.18. The van der Waals surface area contributed by atoms with Gasteiger partial charge in [-0.05, 0) is 74.6 Å². The second-order valence-electron chi connectivity index (χ2n) is 8.06. The predicted molar refractivity (Wildman–Crippen MR) is 138 cm³/mol. The maximum atomic E-state index is 12.8. The van der Waals surface area contributed by atoms with Crippen molar-refractivity contribution in [2.75, 3.05) is 40.2 Å². The van der Waals surface area contributed by atoms with Gasteiger partial charge < -0.3 is 20.9 Å². The Kier molecular flexibility index (Phi) is 7.19. The van der Waals surface area contributed by atoms with E-state index in [1.807, 2.05) is 73.8 Å². The fraction of sp³-hybridized carbons (Fsp3) is 0.231. The molecule has 3 aromatic rings. The number of aryl methyl sites for hydroxylation is 1. The molecule has 6 nitrogen and oxygen atoms in total. The van der Waals surface area contributed by atoms with Gasteiger partial charge in [0.2, 0.25) is 0 Å². The van der Waals surface area contributed by atoms with Crippen LogP contribution in [-0.4, -0.2) is 31.3 Å². The molecule has 7 heteroatoms.